The lowest BCUT2D eigenvalue weighted by atomic mass is 10.0. The summed E-state index contributed by atoms with van der Waals surface area (Å²) in [5.74, 6) is 0.00967. The van der Waals surface area contributed by atoms with Gasteiger partial charge in [0.2, 0.25) is 5.91 Å². The van der Waals surface area contributed by atoms with Crippen LogP contribution in [0.15, 0.2) is 42.6 Å². The molecule has 122 valence electrons. The van der Waals surface area contributed by atoms with Crippen LogP contribution in [0.4, 0.5) is 0 Å². The van der Waals surface area contributed by atoms with Gasteiger partial charge in [-0.1, -0.05) is 24.3 Å². The zero-order valence-corrected chi connectivity index (χ0v) is 13.4. The number of ether oxygens (including phenoxy) is 1. The molecule has 2 heterocycles. The standard InChI is InChI=1S/C18H23N3O2/c1-13(19)6-7-18(22)21-8-9-23-12-15(21)10-14-11-20-17-5-3-2-4-16(14)17/h2-7,11,13,15,20H,8-10,12,19H2,1H3/b7-6+. The summed E-state index contributed by atoms with van der Waals surface area (Å²) in [4.78, 5) is 17.6. The van der Waals surface area contributed by atoms with Gasteiger partial charge in [0.05, 0.1) is 19.3 Å². The van der Waals surface area contributed by atoms with Crippen LogP contribution in [0, 0.1) is 0 Å². The van der Waals surface area contributed by atoms with Gasteiger partial charge >= 0.3 is 0 Å². The Morgan fingerprint density at radius 2 is 2.35 bits per heavy atom. The lowest BCUT2D eigenvalue weighted by Gasteiger charge is -2.35. The number of amides is 1. The molecule has 0 spiro atoms. The first-order valence-electron chi connectivity index (χ1n) is 8.02. The summed E-state index contributed by atoms with van der Waals surface area (Å²) < 4.78 is 5.60. The van der Waals surface area contributed by atoms with Gasteiger partial charge in [0.15, 0.2) is 0 Å². The minimum Gasteiger partial charge on any atom is -0.377 e. The number of aromatic nitrogens is 1. The van der Waals surface area contributed by atoms with E-state index in [9.17, 15) is 4.79 Å². The molecule has 3 rings (SSSR count). The molecule has 1 aromatic carbocycles. The molecule has 2 atom stereocenters. The number of fused-ring (bicyclic) bond motifs is 1. The van der Waals surface area contributed by atoms with E-state index < -0.39 is 0 Å². The van der Waals surface area contributed by atoms with Gasteiger partial charge in [0.25, 0.3) is 0 Å². The highest BCUT2D eigenvalue weighted by Gasteiger charge is 2.26. The number of benzene rings is 1. The summed E-state index contributed by atoms with van der Waals surface area (Å²) >= 11 is 0. The predicted octanol–water partition coefficient (Wildman–Crippen LogP) is 1.84. The maximum absolute atomic E-state index is 12.4. The lowest BCUT2D eigenvalue weighted by molar-refractivity contribution is -0.134. The summed E-state index contributed by atoms with van der Waals surface area (Å²) in [6.45, 7) is 3.63. The van der Waals surface area contributed by atoms with Crippen LogP contribution in [0.1, 0.15) is 12.5 Å². The molecule has 1 amide bonds. The second-order valence-corrected chi connectivity index (χ2v) is 6.04. The van der Waals surface area contributed by atoms with Gasteiger partial charge in [-0.05, 0) is 25.0 Å². The van der Waals surface area contributed by atoms with Crippen molar-refractivity contribution in [2.24, 2.45) is 5.73 Å². The fourth-order valence-electron chi connectivity index (χ4n) is 3.00. The summed E-state index contributed by atoms with van der Waals surface area (Å²) in [5.41, 5.74) is 8.02. The van der Waals surface area contributed by atoms with Crippen molar-refractivity contribution < 1.29 is 9.53 Å². The lowest BCUT2D eigenvalue weighted by Crippen LogP contribution is -2.49. The van der Waals surface area contributed by atoms with Crippen LogP contribution in [0.5, 0.6) is 0 Å². The summed E-state index contributed by atoms with van der Waals surface area (Å²) in [5, 5.41) is 1.21. The van der Waals surface area contributed by atoms with Crippen molar-refractivity contribution in [2.45, 2.75) is 25.4 Å². The number of carbonyl (C=O) groups excluding carboxylic acids is 1. The van der Waals surface area contributed by atoms with Crippen LogP contribution in [-0.4, -0.2) is 47.6 Å². The third-order valence-corrected chi connectivity index (χ3v) is 4.18. The van der Waals surface area contributed by atoms with Crippen molar-refractivity contribution in [3.05, 3.63) is 48.2 Å². The number of nitrogens with two attached hydrogens (primary N) is 1. The summed E-state index contributed by atoms with van der Waals surface area (Å²) in [7, 11) is 0. The Morgan fingerprint density at radius 1 is 1.52 bits per heavy atom. The maximum atomic E-state index is 12.4. The SMILES string of the molecule is CC(N)/C=C/C(=O)N1CCOCC1Cc1c[nH]c2ccccc12. The summed E-state index contributed by atoms with van der Waals surface area (Å²) in [6.07, 6.45) is 6.13. The van der Waals surface area contributed by atoms with Crippen molar-refractivity contribution >= 4 is 16.8 Å². The molecule has 5 heteroatoms. The van der Waals surface area contributed by atoms with Gasteiger partial charge < -0.3 is 20.4 Å². The van der Waals surface area contributed by atoms with E-state index in [0.29, 0.717) is 19.8 Å². The largest absolute Gasteiger partial charge is 0.377 e. The Morgan fingerprint density at radius 3 is 3.17 bits per heavy atom. The normalized spacial score (nSPS) is 20.3. The van der Waals surface area contributed by atoms with Gasteiger partial charge in [-0.25, -0.2) is 0 Å². The molecular formula is C18H23N3O2. The zero-order chi connectivity index (χ0) is 16.2. The molecule has 1 saturated heterocycles. The van der Waals surface area contributed by atoms with Crippen molar-refractivity contribution in [1.29, 1.82) is 0 Å². The molecular weight excluding hydrogens is 290 g/mol. The van der Waals surface area contributed by atoms with Crippen LogP contribution < -0.4 is 5.73 Å². The van der Waals surface area contributed by atoms with Gasteiger partial charge in [-0.15, -0.1) is 0 Å². The Balaban J connectivity index is 1.77. The van der Waals surface area contributed by atoms with Crippen LogP contribution >= 0.6 is 0 Å². The van der Waals surface area contributed by atoms with Gasteiger partial charge in [0.1, 0.15) is 0 Å². The zero-order valence-electron chi connectivity index (χ0n) is 13.4. The van der Waals surface area contributed by atoms with E-state index in [0.717, 1.165) is 11.9 Å². The van der Waals surface area contributed by atoms with E-state index in [1.54, 1.807) is 12.2 Å². The number of carbonyl (C=O) groups is 1. The van der Waals surface area contributed by atoms with Gasteiger partial charge in [0, 0.05) is 35.8 Å². The molecule has 5 nitrogen and oxygen atoms in total. The third-order valence-electron chi connectivity index (χ3n) is 4.18. The molecule has 23 heavy (non-hydrogen) atoms. The van der Waals surface area contributed by atoms with E-state index in [2.05, 4.69) is 17.1 Å². The Hall–Kier alpha value is -2.11. The van der Waals surface area contributed by atoms with Gasteiger partial charge in [-0.3, -0.25) is 4.79 Å². The van der Waals surface area contributed by atoms with E-state index in [4.69, 9.17) is 10.5 Å². The molecule has 2 unspecified atom stereocenters. The third kappa shape index (κ3) is 3.63. The average molecular weight is 313 g/mol. The Labute approximate surface area is 136 Å². The molecule has 0 aliphatic carbocycles. The average Bonchev–Trinajstić information content (AvgIpc) is 2.96. The number of nitrogens with one attached hydrogen (secondary N) is 1. The first-order valence-corrected chi connectivity index (χ1v) is 8.02. The maximum Gasteiger partial charge on any atom is 0.246 e. The number of nitrogens with zero attached hydrogens (tertiary/aromatic N) is 1. The van der Waals surface area contributed by atoms with Crippen LogP contribution in [0.2, 0.25) is 0 Å². The number of hydrogen-bond acceptors (Lipinski definition) is 3. The number of rotatable bonds is 4. The number of para-hydroxylation sites is 1. The summed E-state index contributed by atoms with van der Waals surface area (Å²) in [6, 6.07) is 8.14. The number of morpholine rings is 1. The minimum atomic E-state index is -0.118. The molecule has 0 radical (unpaired) electrons. The van der Waals surface area contributed by atoms with Gasteiger partial charge in [-0.2, -0.15) is 0 Å². The highest BCUT2D eigenvalue weighted by molar-refractivity contribution is 5.88. The fraction of sp³-hybridized carbons (Fsp3) is 0.389. The fourth-order valence-corrected chi connectivity index (χ4v) is 3.00. The second kappa shape index (κ2) is 6.98. The van der Waals surface area contributed by atoms with E-state index >= 15 is 0 Å². The smallest absolute Gasteiger partial charge is 0.246 e. The van der Waals surface area contributed by atoms with Crippen molar-refractivity contribution in [3.8, 4) is 0 Å². The van der Waals surface area contributed by atoms with E-state index in [1.165, 1.54) is 10.9 Å². The van der Waals surface area contributed by atoms with Crippen LogP contribution in [0.3, 0.4) is 0 Å². The first-order chi connectivity index (χ1) is 11.1. The molecule has 1 aliphatic heterocycles. The number of H-pyrrole nitrogens is 1. The number of hydrogen-bond donors (Lipinski definition) is 2. The van der Waals surface area contributed by atoms with Crippen LogP contribution in [-0.2, 0) is 16.0 Å². The molecule has 0 bridgehead atoms. The quantitative estimate of drug-likeness (QED) is 0.846. The monoisotopic (exact) mass is 313 g/mol. The Bertz CT molecular complexity index is 705. The molecule has 3 N–H and O–H groups in total. The second-order valence-electron chi connectivity index (χ2n) is 6.04. The van der Waals surface area contributed by atoms with Crippen molar-refractivity contribution in [2.75, 3.05) is 19.8 Å². The van der Waals surface area contributed by atoms with Crippen molar-refractivity contribution in [1.82, 2.24) is 9.88 Å². The molecule has 1 aromatic heterocycles. The van der Waals surface area contributed by atoms with Crippen LogP contribution in [0.25, 0.3) is 10.9 Å². The van der Waals surface area contributed by atoms with Crippen molar-refractivity contribution in [3.63, 3.8) is 0 Å². The highest BCUT2D eigenvalue weighted by atomic mass is 16.5. The van der Waals surface area contributed by atoms with E-state index in [1.807, 2.05) is 30.2 Å². The molecule has 0 saturated carbocycles. The number of aromatic amines is 1. The Kier molecular flexibility index (Phi) is 4.79. The first kappa shape index (κ1) is 15.8. The molecule has 2 aromatic rings. The predicted molar refractivity (Wildman–Crippen MR) is 91.1 cm³/mol. The minimum absolute atomic E-state index is 0.00967. The topological polar surface area (TPSA) is 71.3 Å². The highest BCUT2D eigenvalue weighted by Crippen LogP contribution is 2.22. The molecule has 1 fully saturated rings. The van der Waals surface area contributed by atoms with E-state index in [-0.39, 0.29) is 18.0 Å². The molecule has 1 aliphatic rings.